The Labute approximate surface area is 106 Å². The Balaban J connectivity index is 1.88. The van der Waals surface area contributed by atoms with E-state index in [4.69, 9.17) is 0 Å². The lowest BCUT2D eigenvalue weighted by Crippen LogP contribution is -2.36. The molecule has 1 aliphatic heterocycles. The number of nitrogens with one attached hydrogen (secondary N) is 1. The lowest BCUT2D eigenvalue weighted by atomic mass is 9.93. The molecule has 3 rings (SSSR count). The molecule has 3 nitrogen and oxygen atoms in total. The monoisotopic (exact) mass is 267 g/mol. The Bertz CT molecular complexity index is 618. The highest BCUT2D eigenvalue weighted by atomic mass is 32.2. The number of sulfone groups is 1. The molecule has 0 spiro atoms. The predicted octanol–water partition coefficient (Wildman–Crippen LogP) is 2.10. The molecular weight excluding hydrogens is 253 g/mol. The first-order chi connectivity index (χ1) is 8.59. The van der Waals surface area contributed by atoms with Gasteiger partial charge in [-0.15, -0.1) is 0 Å². The third-order valence-corrected chi connectivity index (χ3v) is 5.52. The van der Waals surface area contributed by atoms with Crippen molar-refractivity contribution in [3.8, 4) is 0 Å². The zero-order valence-electron chi connectivity index (χ0n) is 9.82. The molecule has 0 unspecified atom stereocenters. The van der Waals surface area contributed by atoms with E-state index in [1.54, 1.807) is 12.1 Å². The van der Waals surface area contributed by atoms with Gasteiger partial charge in [0.1, 0.15) is 10.7 Å². The fourth-order valence-corrected chi connectivity index (χ4v) is 3.89. The number of rotatable bonds is 3. The molecule has 0 aromatic heterocycles. The van der Waals surface area contributed by atoms with E-state index in [9.17, 15) is 12.8 Å². The van der Waals surface area contributed by atoms with E-state index in [0.29, 0.717) is 18.2 Å². The molecule has 5 heteroatoms. The van der Waals surface area contributed by atoms with Crippen LogP contribution in [0.5, 0.6) is 0 Å². The van der Waals surface area contributed by atoms with Gasteiger partial charge in [0.25, 0.3) is 0 Å². The maximum absolute atomic E-state index is 13.6. The van der Waals surface area contributed by atoms with Gasteiger partial charge in [0.2, 0.25) is 9.84 Å². The second kappa shape index (κ2) is 4.17. The van der Waals surface area contributed by atoms with E-state index in [1.807, 2.05) is 0 Å². The first-order valence-corrected chi connectivity index (χ1v) is 7.55. The van der Waals surface area contributed by atoms with Gasteiger partial charge >= 0.3 is 0 Å². The second-order valence-electron chi connectivity index (χ2n) is 4.78. The van der Waals surface area contributed by atoms with Gasteiger partial charge < -0.3 is 5.32 Å². The molecule has 0 amide bonds. The number of halogens is 1. The Morgan fingerprint density at radius 3 is 2.72 bits per heavy atom. The van der Waals surface area contributed by atoms with E-state index >= 15 is 0 Å². The highest BCUT2D eigenvalue weighted by molar-refractivity contribution is 7.95. The molecule has 18 heavy (non-hydrogen) atoms. The summed E-state index contributed by atoms with van der Waals surface area (Å²) in [5.74, 6) is -0.664. The van der Waals surface area contributed by atoms with Gasteiger partial charge in [-0.3, -0.25) is 0 Å². The van der Waals surface area contributed by atoms with Crippen LogP contribution in [0.1, 0.15) is 24.8 Å². The van der Waals surface area contributed by atoms with Crippen molar-refractivity contribution in [2.45, 2.75) is 30.2 Å². The van der Waals surface area contributed by atoms with Gasteiger partial charge in [0.05, 0.1) is 4.91 Å². The van der Waals surface area contributed by atoms with Crippen LogP contribution >= 0.6 is 0 Å². The van der Waals surface area contributed by atoms with Crippen molar-refractivity contribution in [2.24, 2.45) is 0 Å². The van der Waals surface area contributed by atoms with Crippen molar-refractivity contribution in [1.82, 2.24) is 5.32 Å². The van der Waals surface area contributed by atoms with Crippen molar-refractivity contribution >= 4 is 15.9 Å². The van der Waals surface area contributed by atoms with Crippen molar-refractivity contribution in [3.63, 3.8) is 0 Å². The number of fused-ring (bicyclic) bond motifs is 1. The summed E-state index contributed by atoms with van der Waals surface area (Å²) in [6.45, 7) is 0.293. The SMILES string of the molecule is O=S1(=O)C(CNC2CCC2)=Cc2cccc(F)c21. The number of hydrogen-bond donors (Lipinski definition) is 1. The Morgan fingerprint density at radius 2 is 2.11 bits per heavy atom. The van der Waals surface area contributed by atoms with Crippen LogP contribution in [0, 0.1) is 5.82 Å². The maximum atomic E-state index is 13.6. The molecule has 96 valence electrons. The predicted molar refractivity (Wildman–Crippen MR) is 67.2 cm³/mol. The lowest BCUT2D eigenvalue weighted by molar-refractivity contribution is 0.351. The van der Waals surface area contributed by atoms with E-state index in [0.717, 1.165) is 12.8 Å². The van der Waals surface area contributed by atoms with Gasteiger partial charge in [-0.2, -0.15) is 0 Å². The normalized spacial score (nSPS) is 21.3. The molecule has 1 heterocycles. The van der Waals surface area contributed by atoms with Crippen LogP contribution in [0.25, 0.3) is 6.08 Å². The zero-order chi connectivity index (χ0) is 12.8. The largest absolute Gasteiger partial charge is 0.309 e. The fourth-order valence-electron chi connectivity index (χ4n) is 2.31. The van der Waals surface area contributed by atoms with Crippen molar-refractivity contribution in [1.29, 1.82) is 0 Å². The van der Waals surface area contributed by atoms with E-state index in [-0.39, 0.29) is 9.80 Å². The molecule has 0 bridgehead atoms. The summed E-state index contributed by atoms with van der Waals surface area (Å²) >= 11 is 0. The van der Waals surface area contributed by atoms with Crippen LogP contribution in [0.2, 0.25) is 0 Å². The summed E-state index contributed by atoms with van der Waals surface area (Å²) < 4.78 is 38.0. The van der Waals surface area contributed by atoms with Crippen LogP contribution in [0.15, 0.2) is 28.0 Å². The average Bonchev–Trinajstić information content (AvgIpc) is 2.49. The zero-order valence-corrected chi connectivity index (χ0v) is 10.6. The van der Waals surface area contributed by atoms with E-state index < -0.39 is 15.7 Å². The van der Waals surface area contributed by atoms with Crippen molar-refractivity contribution in [2.75, 3.05) is 6.54 Å². The van der Waals surface area contributed by atoms with Crippen LogP contribution in [-0.4, -0.2) is 21.0 Å². The highest BCUT2D eigenvalue weighted by Crippen LogP contribution is 2.34. The standard InChI is InChI=1S/C13H14FNO2S/c14-12-6-1-3-9-7-11(18(16,17)13(9)12)8-15-10-4-2-5-10/h1,3,6-7,10,15H,2,4-5,8H2. The summed E-state index contributed by atoms with van der Waals surface area (Å²) in [4.78, 5) is 0.102. The van der Waals surface area contributed by atoms with Crippen molar-refractivity contribution in [3.05, 3.63) is 34.5 Å². The summed E-state index contributed by atoms with van der Waals surface area (Å²) in [6.07, 6.45) is 4.95. The molecular formula is C13H14FNO2S. The molecule has 0 atom stereocenters. The van der Waals surface area contributed by atoms with Gasteiger partial charge in [-0.05, 0) is 30.5 Å². The topological polar surface area (TPSA) is 46.2 Å². The van der Waals surface area contributed by atoms with Crippen LogP contribution in [0.4, 0.5) is 4.39 Å². The summed E-state index contributed by atoms with van der Waals surface area (Å²) in [7, 11) is -3.63. The Kier molecular flexibility index (Phi) is 2.75. The van der Waals surface area contributed by atoms with Crippen LogP contribution in [0.3, 0.4) is 0 Å². The third kappa shape index (κ3) is 1.78. The molecule has 1 saturated carbocycles. The third-order valence-electron chi connectivity index (χ3n) is 3.60. The minimum atomic E-state index is -3.63. The van der Waals surface area contributed by atoms with Crippen molar-refractivity contribution < 1.29 is 12.8 Å². The second-order valence-corrected chi connectivity index (χ2v) is 6.72. The number of hydrogen-bond acceptors (Lipinski definition) is 3. The van der Waals surface area contributed by atoms with E-state index in [1.165, 1.54) is 18.6 Å². The highest BCUT2D eigenvalue weighted by Gasteiger charge is 2.32. The van der Waals surface area contributed by atoms with E-state index in [2.05, 4.69) is 5.32 Å². The molecule has 1 aromatic carbocycles. The Hall–Kier alpha value is -1.20. The van der Waals surface area contributed by atoms with Gasteiger partial charge in [0, 0.05) is 12.6 Å². The molecule has 2 aliphatic rings. The fraction of sp³-hybridized carbons (Fsp3) is 0.385. The van der Waals surface area contributed by atoms with Gasteiger partial charge in [-0.25, -0.2) is 12.8 Å². The molecule has 1 aliphatic carbocycles. The number of benzene rings is 1. The lowest BCUT2D eigenvalue weighted by Gasteiger charge is -2.26. The maximum Gasteiger partial charge on any atom is 0.207 e. The molecule has 1 fully saturated rings. The summed E-state index contributed by atoms with van der Waals surface area (Å²) in [5.41, 5.74) is 0.459. The minimum Gasteiger partial charge on any atom is -0.309 e. The molecule has 0 saturated heterocycles. The van der Waals surface area contributed by atoms with Gasteiger partial charge in [-0.1, -0.05) is 18.6 Å². The van der Waals surface area contributed by atoms with Crippen LogP contribution in [-0.2, 0) is 9.84 Å². The minimum absolute atomic E-state index is 0.171. The summed E-state index contributed by atoms with van der Waals surface area (Å²) in [6, 6.07) is 4.76. The first kappa shape index (κ1) is 11.9. The smallest absolute Gasteiger partial charge is 0.207 e. The molecule has 0 radical (unpaired) electrons. The average molecular weight is 267 g/mol. The van der Waals surface area contributed by atoms with Gasteiger partial charge in [0.15, 0.2) is 0 Å². The Morgan fingerprint density at radius 1 is 1.33 bits per heavy atom. The molecule has 1 aromatic rings. The molecule has 1 N–H and O–H groups in total. The first-order valence-electron chi connectivity index (χ1n) is 6.06. The summed E-state index contributed by atoms with van der Waals surface area (Å²) in [5, 5.41) is 3.20. The van der Waals surface area contributed by atoms with Crippen LogP contribution < -0.4 is 5.32 Å². The quantitative estimate of drug-likeness (QED) is 0.912.